The molecule has 188 valence electrons. The number of anilines is 2. The van der Waals surface area contributed by atoms with Gasteiger partial charge in [-0.05, 0) is 69.3 Å². The summed E-state index contributed by atoms with van der Waals surface area (Å²) in [5.74, 6) is 1.30. The first-order valence-electron chi connectivity index (χ1n) is 13.3. The maximum Gasteiger partial charge on any atom is 0.254 e. The van der Waals surface area contributed by atoms with Gasteiger partial charge in [0.05, 0.1) is 0 Å². The molecule has 0 radical (unpaired) electrons. The van der Waals surface area contributed by atoms with Crippen molar-refractivity contribution in [1.29, 1.82) is 0 Å². The fourth-order valence-corrected chi connectivity index (χ4v) is 5.77. The van der Waals surface area contributed by atoms with Gasteiger partial charge in [-0.3, -0.25) is 9.69 Å². The van der Waals surface area contributed by atoms with Crippen LogP contribution in [0.15, 0.2) is 36.5 Å². The fraction of sp³-hybridized carbons (Fsp3) is 0.593. The van der Waals surface area contributed by atoms with Gasteiger partial charge in [0.15, 0.2) is 0 Å². The lowest BCUT2D eigenvalue weighted by Crippen LogP contribution is -2.54. The molecule has 3 aliphatic heterocycles. The molecule has 0 spiro atoms. The standard InChI is InChI=1S/C27H37FN6O/c28-22-9-5-8-21(18-22)26(35)34-17-7-11-24(20-34)33-16-6-10-23(19-33)30-27-29-13-12-25(31-27)32-14-3-1-2-4-15-32/h5,8-9,12-13,18,23-24H,1-4,6-7,10-11,14-17,19-20H2,(H,29,30,31). The van der Waals surface area contributed by atoms with Gasteiger partial charge >= 0.3 is 0 Å². The summed E-state index contributed by atoms with van der Waals surface area (Å²) in [6, 6.07) is 8.67. The third-order valence-electron chi connectivity index (χ3n) is 7.63. The third-order valence-corrected chi connectivity index (χ3v) is 7.63. The lowest BCUT2D eigenvalue weighted by atomic mass is 9.98. The molecule has 4 heterocycles. The molecule has 3 fully saturated rings. The molecule has 0 saturated carbocycles. The number of carbonyl (C=O) groups is 1. The molecule has 3 saturated heterocycles. The second kappa shape index (κ2) is 11.3. The summed E-state index contributed by atoms with van der Waals surface area (Å²) in [6.07, 6.45) is 11.2. The second-order valence-electron chi connectivity index (χ2n) is 10.2. The van der Waals surface area contributed by atoms with E-state index in [0.29, 0.717) is 24.1 Å². The highest BCUT2D eigenvalue weighted by Crippen LogP contribution is 2.24. The molecule has 2 aromatic rings. The molecule has 1 aromatic heterocycles. The molecule has 1 aromatic carbocycles. The lowest BCUT2D eigenvalue weighted by molar-refractivity contribution is 0.0525. The van der Waals surface area contributed by atoms with Crippen LogP contribution in [0.3, 0.4) is 0 Å². The molecule has 7 nitrogen and oxygen atoms in total. The number of piperidine rings is 2. The molecule has 1 N–H and O–H groups in total. The molecular formula is C27H37FN6O. The smallest absolute Gasteiger partial charge is 0.254 e. The first kappa shape index (κ1) is 24.0. The molecule has 5 rings (SSSR count). The van der Waals surface area contributed by atoms with Crippen LogP contribution < -0.4 is 10.2 Å². The van der Waals surface area contributed by atoms with E-state index in [2.05, 4.69) is 20.1 Å². The van der Waals surface area contributed by atoms with Gasteiger partial charge in [-0.2, -0.15) is 4.98 Å². The minimum absolute atomic E-state index is 0.0698. The van der Waals surface area contributed by atoms with Gasteiger partial charge in [0.1, 0.15) is 11.6 Å². The maximum atomic E-state index is 13.6. The van der Waals surface area contributed by atoms with Crippen molar-refractivity contribution in [2.75, 3.05) is 49.5 Å². The first-order valence-corrected chi connectivity index (χ1v) is 13.3. The molecule has 0 bridgehead atoms. The number of benzene rings is 1. The number of amides is 1. The van der Waals surface area contributed by atoms with E-state index in [1.165, 1.54) is 37.8 Å². The summed E-state index contributed by atoms with van der Waals surface area (Å²) in [7, 11) is 0. The Bertz CT molecular complexity index is 995. The molecule has 2 atom stereocenters. The van der Waals surface area contributed by atoms with Crippen LogP contribution in [0, 0.1) is 5.82 Å². The SMILES string of the molecule is O=C(c1cccc(F)c1)N1CCCC(N2CCCC(Nc3nccc(N4CCCCCC4)n3)C2)C1. The second-order valence-corrected chi connectivity index (χ2v) is 10.2. The van der Waals surface area contributed by atoms with E-state index in [1.807, 2.05) is 17.2 Å². The van der Waals surface area contributed by atoms with Gasteiger partial charge in [0.2, 0.25) is 5.95 Å². The van der Waals surface area contributed by atoms with E-state index in [-0.39, 0.29) is 17.8 Å². The molecule has 35 heavy (non-hydrogen) atoms. The van der Waals surface area contributed by atoms with Crippen LogP contribution in [-0.2, 0) is 0 Å². The van der Waals surface area contributed by atoms with Crippen molar-refractivity contribution in [1.82, 2.24) is 19.8 Å². The average molecular weight is 481 g/mol. The topological polar surface area (TPSA) is 64.6 Å². The van der Waals surface area contributed by atoms with Crippen LogP contribution in [0.4, 0.5) is 16.2 Å². The predicted octanol–water partition coefficient (Wildman–Crippen LogP) is 4.18. The highest BCUT2D eigenvalue weighted by atomic mass is 19.1. The molecule has 3 aliphatic rings. The number of carbonyl (C=O) groups excluding carboxylic acids is 1. The Morgan fingerprint density at radius 1 is 0.943 bits per heavy atom. The van der Waals surface area contributed by atoms with E-state index in [9.17, 15) is 9.18 Å². The highest BCUT2D eigenvalue weighted by Gasteiger charge is 2.31. The Labute approximate surface area is 207 Å². The number of aromatic nitrogens is 2. The molecule has 1 amide bonds. The number of likely N-dealkylation sites (tertiary alicyclic amines) is 2. The van der Waals surface area contributed by atoms with Crippen molar-refractivity contribution < 1.29 is 9.18 Å². The van der Waals surface area contributed by atoms with Crippen LogP contribution in [-0.4, -0.2) is 77.0 Å². The first-order chi connectivity index (χ1) is 17.2. The van der Waals surface area contributed by atoms with Gasteiger partial charge in [0.25, 0.3) is 5.91 Å². The minimum atomic E-state index is -0.364. The van der Waals surface area contributed by atoms with Crippen molar-refractivity contribution in [3.05, 3.63) is 47.9 Å². The Kier molecular flexibility index (Phi) is 7.76. The van der Waals surface area contributed by atoms with Gasteiger partial charge < -0.3 is 15.1 Å². The van der Waals surface area contributed by atoms with Crippen LogP contribution >= 0.6 is 0 Å². The Morgan fingerprint density at radius 3 is 2.60 bits per heavy atom. The minimum Gasteiger partial charge on any atom is -0.356 e. The molecule has 0 aliphatic carbocycles. The summed E-state index contributed by atoms with van der Waals surface area (Å²) in [4.78, 5) is 29.1. The van der Waals surface area contributed by atoms with Crippen LogP contribution in [0.2, 0.25) is 0 Å². The monoisotopic (exact) mass is 480 g/mol. The Balaban J connectivity index is 1.19. The van der Waals surface area contributed by atoms with E-state index < -0.39 is 0 Å². The highest BCUT2D eigenvalue weighted by molar-refractivity contribution is 5.94. The summed E-state index contributed by atoms with van der Waals surface area (Å²) in [5, 5.41) is 3.60. The third kappa shape index (κ3) is 6.10. The van der Waals surface area contributed by atoms with E-state index in [1.54, 1.807) is 12.1 Å². The largest absolute Gasteiger partial charge is 0.356 e. The van der Waals surface area contributed by atoms with Crippen LogP contribution in [0.5, 0.6) is 0 Å². The van der Waals surface area contributed by atoms with E-state index >= 15 is 0 Å². The zero-order valence-electron chi connectivity index (χ0n) is 20.5. The molecule has 8 heteroatoms. The van der Waals surface area contributed by atoms with E-state index in [4.69, 9.17) is 4.98 Å². The van der Waals surface area contributed by atoms with Crippen molar-refractivity contribution in [3.63, 3.8) is 0 Å². The summed E-state index contributed by atoms with van der Waals surface area (Å²) in [6.45, 7) is 5.53. The van der Waals surface area contributed by atoms with E-state index in [0.717, 1.165) is 64.2 Å². The van der Waals surface area contributed by atoms with Crippen LogP contribution in [0.1, 0.15) is 61.7 Å². The van der Waals surface area contributed by atoms with Gasteiger partial charge in [-0.15, -0.1) is 0 Å². The zero-order chi connectivity index (χ0) is 24.0. The van der Waals surface area contributed by atoms with Crippen molar-refractivity contribution in [3.8, 4) is 0 Å². The summed E-state index contributed by atoms with van der Waals surface area (Å²) < 4.78 is 13.6. The van der Waals surface area contributed by atoms with Crippen molar-refractivity contribution in [2.45, 2.75) is 63.5 Å². The Morgan fingerprint density at radius 2 is 1.77 bits per heavy atom. The van der Waals surface area contributed by atoms with Crippen molar-refractivity contribution >= 4 is 17.7 Å². The molecule has 2 unspecified atom stereocenters. The number of halogens is 1. The van der Waals surface area contributed by atoms with Gasteiger partial charge in [-0.25, -0.2) is 9.37 Å². The average Bonchev–Trinajstić information content (AvgIpc) is 3.19. The van der Waals surface area contributed by atoms with Gasteiger partial charge in [-0.1, -0.05) is 18.9 Å². The fourth-order valence-electron chi connectivity index (χ4n) is 5.77. The normalized spacial score (nSPS) is 24.1. The number of nitrogens with one attached hydrogen (secondary N) is 1. The number of rotatable bonds is 5. The van der Waals surface area contributed by atoms with Gasteiger partial charge in [0, 0.05) is 56.6 Å². The number of nitrogens with zero attached hydrogens (tertiary/aromatic N) is 5. The predicted molar refractivity (Wildman–Crippen MR) is 136 cm³/mol. The zero-order valence-corrected chi connectivity index (χ0v) is 20.5. The lowest BCUT2D eigenvalue weighted by Gasteiger charge is -2.43. The number of hydrogen-bond donors (Lipinski definition) is 1. The summed E-state index contributed by atoms with van der Waals surface area (Å²) >= 11 is 0. The number of hydrogen-bond acceptors (Lipinski definition) is 6. The summed E-state index contributed by atoms with van der Waals surface area (Å²) in [5.41, 5.74) is 0.435. The van der Waals surface area contributed by atoms with Crippen molar-refractivity contribution in [2.24, 2.45) is 0 Å². The quantitative estimate of drug-likeness (QED) is 0.693. The van der Waals surface area contributed by atoms with Crippen LogP contribution in [0.25, 0.3) is 0 Å². The maximum absolute atomic E-state index is 13.6. The molecular weight excluding hydrogens is 443 g/mol. The Hall–Kier alpha value is -2.74.